The third-order valence-corrected chi connectivity index (χ3v) is 3.20. The summed E-state index contributed by atoms with van der Waals surface area (Å²) in [6, 6.07) is 8.99. The van der Waals surface area contributed by atoms with E-state index in [1.807, 2.05) is 0 Å². The summed E-state index contributed by atoms with van der Waals surface area (Å²) < 4.78 is 0. The predicted octanol–water partition coefficient (Wildman–Crippen LogP) is 2.38. The molecule has 1 aliphatic heterocycles. The SMILES string of the molecule is Cc1cccc(C2CCCN2C(N)=S)c1. The Morgan fingerprint density at radius 3 is 3.00 bits per heavy atom. The summed E-state index contributed by atoms with van der Waals surface area (Å²) in [6.45, 7) is 3.11. The molecule has 0 amide bonds. The lowest BCUT2D eigenvalue weighted by Crippen LogP contribution is -2.34. The summed E-state index contributed by atoms with van der Waals surface area (Å²) in [5, 5.41) is 0.527. The predicted molar refractivity (Wildman–Crippen MR) is 66.6 cm³/mol. The van der Waals surface area contributed by atoms with E-state index in [2.05, 4.69) is 36.1 Å². The molecule has 1 aliphatic rings. The molecule has 1 aromatic rings. The van der Waals surface area contributed by atoms with Crippen molar-refractivity contribution in [2.24, 2.45) is 5.73 Å². The molecule has 0 spiro atoms. The molecule has 3 heteroatoms. The molecule has 80 valence electrons. The van der Waals surface area contributed by atoms with Gasteiger partial charge >= 0.3 is 0 Å². The molecule has 1 unspecified atom stereocenters. The van der Waals surface area contributed by atoms with Crippen LogP contribution in [0.25, 0.3) is 0 Å². The summed E-state index contributed by atoms with van der Waals surface area (Å²) >= 11 is 5.07. The number of hydrogen-bond acceptors (Lipinski definition) is 1. The highest BCUT2D eigenvalue weighted by Gasteiger charge is 2.26. The summed E-state index contributed by atoms with van der Waals surface area (Å²) in [5.74, 6) is 0. The van der Waals surface area contributed by atoms with E-state index in [0.717, 1.165) is 13.0 Å². The van der Waals surface area contributed by atoms with Gasteiger partial charge in [0.2, 0.25) is 0 Å². The molecule has 0 radical (unpaired) electrons. The van der Waals surface area contributed by atoms with Crippen LogP contribution >= 0.6 is 12.2 Å². The van der Waals surface area contributed by atoms with Crippen molar-refractivity contribution in [3.8, 4) is 0 Å². The molecule has 1 atom stereocenters. The summed E-state index contributed by atoms with van der Waals surface area (Å²) in [6.07, 6.45) is 2.33. The number of benzene rings is 1. The van der Waals surface area contributed by atoms with E-state index in [-0.39, 0.29) is 0 Å². The third-order valence-electron chi connectivity index (χ3n) is 2.96. The maximum atomic E-state index is 5.72. The second-order valence-corrected chi connectivity index (χ2v) is 4.52. The lowest BCUT2D eigenvalue weighted by atomic mass is 10.0. The van der Waals surface area contributed by atoms with Crippen molar-refractivity contribution in [3.63, 3.8) is 0 Å². The Kier molecular flexibility index (Phi) is 2.91. The Morgan fingerprint density at radius 2 is 2.33 bits per heavy atom. The van der Waals surface area contributed by atoms with Gasteiger partial charge in [-0.25, -0.2) is 0 Å². The minimum atomic E-state index is 0.391. The average Bonchev–Trinajstić information content (AvgIpc) is 2.65. The van der Waals surface area contributed by atoms with Crippen LogP contribution in [0.1, 0.15) is 30.0 Å². The van der Waals surface area contributed by atoms with Crippen molar-refractivity contribution in [1.29, 1.82) is 0 Å². The van der Waals surface area contributed by atoms with Gasteiger partial charge in [0.25, 0.3) is 0 Å². The summed E-state index contributed by atoms with van der Waals surface area (Å²) in [5.41, 5.74) is 8.35. The second-order valence-electron chi connectivity index (χ2n) is 4.10. The normalized spacial score (nSPS) is 20.6. The first-order valence-corrected chi connectivity index (χ1v) is 5.72. The molecule has 2 N–H and O–H groups in total. The fourth-order valence-corrected chi connectivity index (χ4v) is 2.47. The molecule has 1 fully saturated rings. The highest BCUT2D eigenvalue weighted by atomic mass is 32.1. The molecule has 0 aromatic heterocycles. The van der Waals surface area contributed by atoms with E-state index in [9.17, 15) is 0 Å². The van der Waals surface area contributed by atoms with Crippen molar-refractivity contribution >= 4 is 17.3 Å². The standard InChI is InChI=1S/C12H16N2S/c1-9-4-2-5-10(8-9)11-6-3-7-14(11)12(13)15/h2,4-5,8,11H,3,6-7H2,1H3,(H2,13,15). The zero-order chi connectivity index (χ0) is 10.8. The van der Waals surface area contributed by atoms with E-state index in [4.69, 9.17) is 18.0 Å². The molecule has 1 aromatic carbocycles. The van der Waals surface area contributed by atoms with Gasteiger partial charge in [-0.1, -0.05) is 29.8 Å². The molecule has 1 heterocycles. The van der Waals surface area contributed by atoms with E-state index < -0.39 is 0 Å². The van der Waals surface area contributed by atoms with Gasteiger partial charge in [0.1, 0.15) is 0 Å². The lowest BCUT2D eigenvalue weighted by molar-refractivity contribution is 0.403. The molecule has 0 aliphatic carbocycles. The molecule has 2 rings (SSSR count). The van der Waals surface area contributed by atoms with Crippen LogP contribution in [-0.2, 0) is 0 Å². The average molecular weight is 220 g/mol. The van der Waals surface area contributed by atoms with Crippen LogP contribution in [0, 0.1) is 6.92 Å². The first kappa shape index (κ1) is 10.4. The fraction of sp³-hybridized carbons (Fsp3) is 0.417. The van der Waals surface area contributed by atoms with Gasteiger partial charge in [0, 0.05) is 6.54 Å². The summed E-state index contributed by atoms with van der Waals surface area (Å²) in [4.78, 5) is 2.13. The van der Waals surface area contributed by atoms with Crippen LogP contribution in [-0.4, -0.2) is 16.6 Å². The van der Waals surface area contributed by atoms with E-state index in [1.165, 1.54) is 17.5 Å². The zero-order valence-electron chi connectivity index (χ0n) is 8.94. The monoisotopic (exact) mass is 220 g/mol. The van der Waals surface area contributed by atoms with Crippen molar-refractivity contribution in [2.75, 3.05) is 6.54 Å². The van der Waals surface area contributed by atoms with Gasteiger partial charge in [-0.2, -0.15) is 0 Å². The van der Waals surface area contributed by atoms with E-state index in [0.29, 0.717) is 11.2 Å². The topological polar surface area (TPSA) is 29.3 Å². The Balaban J connectivity index is 2.26. The molecule has 15 heavy (non-hydrogen) atoms. The zero-order valence-corrected chi connectivity index (χ0v) is 9.76. The first-order chi connectivity index (χ1) is 7.18. The number of nitrogens with two attached hydrogens (primary N) is 1. The van der Waals surface area contributed by atoms with E-state index >= 15 is 0 Å². The van der Waals surface area contributed by atoms with Gasteiger partial charge in [0.05, 0.1) is 6.04 Å². The van der Waals surface area contributed by atoms with Crippen molar-refractivity contribution in [2.45, 2.75) is 25.8 Å². The molecule has 1 saturated heterocycles. The van der Waals surface area contributed by atoms with Gasteiger partial charge < -0.3 is 10.6 Å². The van der Waals surface area contributed by atoms with Crippen LogP contribution in [0.15, 0.2) is 24.3 Å². The molecular formula is C12H16N2S. The van der Waals surface area contributed by atoms with Gasteiger partial charge in [-0.3, -0.25) is 0 Å². The van der Waals surface area contributed by atoms with Crippen LogP contribution in [0.5, 0.6) is 0 Å². The molecule has 0 bridgehead atoms. The number of rotatable bonds is 1. The van der Waals surface area contributed by atoms with Gasteiger partial charge in [-0.05, 0) is 37.5 Å². The Labute approximate surface area is 96.1 Å². The maximum Gasteiger partial charge on any atom is 0.166 e. The number of likely N-dealkylation sites (tertiary alicyclic amines) is 1. The van der Waals surface area contributed by atoms with Gasteiger partial charge in [-0.15, -0.1) is 0 Å². The molecule has 2 nitrogen and oxygen atoms in total. The number of thiocarbonyl (C=S) groups is 1. The largest absolute Gasteiger partial charge is 0.376 e. The van der Waals surface area contributed by atoms with Crippen LogP contribution in [0.2, 0.25) is 0 Å². The van der Waals surface area contributed by atoms with Crippen molar-refractivity contribution < 1.29 is 0 Å². The highest BCUT2D eigenvalue weighted by Crippen LogP contribution is 2.31. The Hall–Kier alpha value is -1.09. The maximum absolute atomic E-state index is 5.72. The molecular weight excluding hydrogens is 204 g/mol. The Morgan fingerprint density at radius 1 is 1.53 bits per heavy atom. The highest BCUT2D eigenvalue weighted by molar-refractivity contribution is 7.80. The smallest absolute Gasteiger partial charge is 0.166 e. The Bertz CT molecular complexity index is 376. The molecule has 0 saturated carbocycles. The third kappa shape index (κ3) is 2.12. The summed E-state index contributed by atoms with van der Waals surface area (Å²) in [7, 11) is 0. The quantitative estimate of drug-likeness (QED) is 0.737. The van der Waals surface area contributed by atoms with Crippen LogP contribution in [0.4, 0.5) is 0 Å². The van der Waals surface area contributed by atoms with Crippen LogP contribution < -0.4 is 5.73 Å². The van der Waals surface area contributed by atoms with E-state index in [1.54, 1.807) is 0 Å². The van der Waals surface area contributed by atoms with Crippen LogP contribution in [0.3, 0.4) is 0 Å². The number of hydrogen-bond donors (Lipinski definition) is 1. The second kappa shape index (κ2) is 4.19. The van der Waals surface area contributed by atoms with Gasteiger partial charge in [0.15, 0.2) is 5.11 Å². The first-order valence-electron chi connectivity index (χ1n) is 5.31. The minimum absolute atomic E-state index is 0.391. The lowest BCUT2D eigenvalue weighted by Gasteiger charge is -2.25. The number of aryl methyl sites for hydroxylation is 1. The van der Waals surface area contributed by atoms with Crippen molar-refractivity contribution in [3.05, 3.63) is 35.4 Å². The van der Waals surface area contributed by atoms with Crippen molar-refractivity contribution in [1.82, 2.24) is 4.90 Å². The fourth-order valence-electron chi connectivity index (χ4n) is 2.25. The number of nitrogens with zero attached hydrogens (tertiary/aromatic N) is 1. The minimum Gasteiger partial charge on any atom is -0.376 e.